The Labute approximate surface area is 127 Å². The molecule has 116 valence electrons. The van der Waals surface area contributed by atoms with Gasteiger partial charge in [0.2, 0.25) is 5.91 Å². The maximum absolute atomic E-state index is 12.1. The smallest absolute Gasteiger partial charge is 0.237 e. The van der Waals surface area contributed by atoms with Crippen molar-refractivity contribution in [3.8, 4) is 0 Å². The Morgan fingerprint density at radius 3 is 2.90 bits per heavy atom. The van der Waals surface area contributed by atoms with Crippen LogP contribution in [0.3, 0.4) is 0 Å². The van der Waals surface area contributed by atoms with E-state index in [-0.39, 0.29) is 11.9 Å². The third-order valence-electron chi connectivity index (χ3n) is 3.61. The first-order chi connectivity index (χ1) is 10.2. The van der Waals surface area contributed by atoms with Gasteiger partial charge in [0.1, 0.15) is 0 Å². The molecule has 0 bridgehead atoms. The number of carbonyl (C=O) groups is 1. The number of hydrogen-bond acceptors (Lipinski definition) is 3. The van der Waals surface area contributed by atoms with Crippen LogP contribution in [0.1, 0.15) is 31.4 Å². The van der Waals surface area contributed by atoms with Gasteiger partial charge >= 0.3 is 0 Å². The molecule has 1 atom stereocenters. The number of fused-ring (bicyclic) bond motifs is 1. The molecule has 0 spiro atoms. The van der Waals surface area contributed by atoms with E-state index in [4.69, 9.17) is 4.74 Å². The van der Waals surface area contributed by atoms with Crippen LogP contribution in [0.2, 0.25) is 0 Å². The summed E-state index contributed by atoms with van der Waals surface area (Å²) in [5.74, 6) is 0.652. The SMILES string of the molecule is CC(C)COCCCNC(=O)[C@H]1Cc2ccccc2CN1. The molecule has 0 fully saturated rings. The van der Waals surface area contributed by atoms with Crippen LogP contribution in [-0.4, -0.2) is 31.7 Å². The highest BCUT2D eigenvalue weighted by atomic mass is 16.5. The van der Waals surface area contributed by atoms with E-state index in [0.717, 1.165) is 26.0 Å². The average molecular weight is 290 g/mol. The zero-order chi connectivity index (χ0) is 15.1. The van der Waals surface area contributed by atoms with Crippen LogP contribution in [0.5, 0.6) is 0 Å². The quantitative estimate of drug-likeness (QED) is 0.754. The predicted octanol–water partition coefficient (Wildman–Crippen LogP) is 1.88. The molecule has 1 amide bonds. The first-order valence-corrected chi connectivity index (χ1v) is 7.82. The van der Waals surface area contributed by atoms with Crippen LogP contribution in [0.15, 0.2) is 24.3 Å². The summed E-state index contributed by atoms with van der Waals surface area (Å²) >= 11 is 0. The number of carbonyl (C=O) groups excluding carboxylic acids is 1. The second-order valence-corrected chi connectivity index (χ2v) is 6.02. The van der Waals surface area contributed by atoms with Gasteiger partial charge in [-0.05, 0) is 29.9 Å². The van der Waals surface area contributed by atoms with Gasteiger partial charge < -0.3 is 15.4 Å². The Kier molecular flexibility index (Phi) is 6.21. The molecule has 2 rings (SSSR count). The van der Waals surface area contributed by atoms with Gasteiger partial charge in [0, 0.05) is 26.3 Å². The van der Waals surface area contributed by atoms with E-state index in [1.54, 1.807) is 0 Å². The third-order valence-corrected chi connectivity index (χ3v) is 3.61. The predicted molar refractivity (Wildman–Crippen MR) is 84.1 cm³/mol. The molecular formula is C17H26N2O2. The number of ether oxygens (including phenoxy) is 1. The van der Waals surface area contributed by atoms with Crippen molar-refractivity contribution in [3.05, 3.63) is 35.4 Å². The summed E-state index contributed by atoms with van der Waals surface area (Å²) in [5, 5.41) is 6.29. The zero-order valence-electron chi connectivity index (χ0n) is 13.0. The molecule has 21 heavy (non-hydrogen) atoms. The minimum absolute atomic E-state index is 0.0911. The van der Waals surface area contributed by atoms with Gasteiger partial charge in [-0.25, -0.2) is 0 Å². The Morgan fingerprint density at radius 1 is 1.38 bits per heavy atom. The van der Waals surface area contributed by atoms with E-state index in [0.29, 0.717) is 19.1 Å². The molecular weight excluding hydrogens is 264 g/mol. The lowest BCUT2D eigenvalue weighted by molar-refractivity contribution is -0.123. The van der Waals surface area contributed by atoms with Crippen molar-refractivity contribution in [2.45, 2.75) is 39.3 Å². The first-order valence-electron chi connectivity index (χ1n) is 7.82. The highest BCUT2D eigenvalue weighted by molar-refractivity contribution is 5.82. The van der Waals surface area contributed by atoms with Crippen LogP contribution in [0.4, 0.5) is 0 Å². The molecule has 1 aromatic carbocycles. The van der Waals surface area contributed by atoms with E-state index in [1.807, 2.05) is 12.1 Å². The number of amides is 1. The maximum atomic E-state index is 12.1. The Bertz CT molecular complexity index is 460. The van der Waals surface area contributed by atoms with Crippen molar-refractivity contribution in [1.29, 1.82) is 0 Å². The summed E-state index contributed by atoms with van der Waals surface area (Å²) in [7, 11) is 0. The molecule has 1 heterocycles. The Balaban J connectivity index is 1.66. The average Bonchev–Trinajstić information content (AvgIpc) is 2.49. The summed E-state index contributed by atoms with van der Waals surface area (Å²) in [4.78, 5) is 12.1. The minimum atomic E-state index is -0.114. The van der Waals surface area contributed by atoms with E-state index in [9.17, 15) is 4.79 Å². The van der Waals surface area contributed by atoms with Crippen LogP contribution in [0.25, 0.3) is 0 Å². The molecule has 1 aliphatic rings. The van der Waals surface area contributed by atoms with Gasteiger partial charge in [-0.1, -0.05) is 38.1 Å². The Morgan fingerprint density at radius 2 is 2.14 bits per heavy atom. The molecule has 1 aromatic rings. The summed E-state index contributed by atoms with van der Waals surface area (Å²) in [6.45, 7) is 7.21. The zero-order valence-corrected chi connectivity index (χ0v) is 13.0. The maximum Gasteiger partial charge on any atom is 0.237 e. The van der Waals surface area contributed by atoms with Crippen LogP contribution in [0, 0.1) is 5.92 Å². The van der Waals surface area contributed by atoms with Gasteiger partial charge in [-0.15, -0.1) is 0 Å². The number of rotatable bonds is 7. The largest absolute Gasteiger partial charge is 0.381 e. The summed E-state index contributed by atoms with van der Waals surface area (Å²) in [5.41, 5.74) is 2.57. The van der Waals surface area contributed by atoms with Crippen molar-refractivity contribution in [2.24, 2.45) is 5.92 Å². The van der Waals surface area contributed by atoms with Crippen LogP contribution < -0.4 is 10.6 Å². The fourth-order valence-corrected chi connectivity index (χ4v) is 2.47. The van der Waals surface area contributed by atoms with E-state index in [2.05, 4.69) is 36.6 Å². The van der Waals surface area contributed by atoms with Crippen molar-refractivity contribution >= 4 is 5.91 Å². The van der Waals surface area contributed by atoms with Gasteiger partial charge in [-0.3, -0.25) is 4.79 Å². The van der Waals surface area contributed by atoms with E-state index >= 15 is 0 Å². The second-order valence-electron chi connectivity index (χ2n) is 6.02. The monoisotopic (exact) mass is 290 g/mol. The molecule has 0 unspecified atom stereocenters. The second kappa shape index (κ2) is 8.15. The van der Waals surface area contributed by atoms with Gasteiger partial charge in [-0.2, -0.15) is 0 Å². The van der Waals surface area contributed by atoms with Crippen molar-refractivity contribution in [3.63, 3.8) is 0 Å². The molecule has 1 aliphatic heterocycles. The molecule has 0 saturated carbocycles. The van der Waals surface area contributed by atoms with Crippen molar-refractivity contribution in [1.82, 2.24) is 10.6 Å². The number of hydrogen-bond donors (Lipinski definition) is 2. The molecule has 0 saturated heterocycles. The van der Waals surface area contributed by atoms with Crippen LogP contribution in [-0.2, 0) is 22.5 Å². The van der Waals surface area contributed by atoms with Gasteiger partial charge in [0.15, 0.2) is 0 Å². The standard InChI is InChI=1S/C17H26N2O2/c1-13(2)12-21-9-5-8-18-17(20)16-10-14-6-3-4-7-15(14)11-19-16/h3-4,6-7,13,16,19H,5,8-12H2,1-2H3,(H,18,20)/t16-/m1/s1. The molecule has 4 heteroatoms. The minimum Gasteiger partial charge on any atom is -0.381 e. The lowest BCUT2D eigenvalue weighted by Crippen LogP contribution is -2.47. The van der Waals surface area contributed by atoms with Crippen molar-refractivity contribution in [2.75, 3.05) is 19.8 Å². The highest BCUT2D eigenvalue weighted by Crippen LogP contribution is 2.16. The molecule has 0 radical (unpaired) electrons. The van der Waals surface area contributed by atoms with Crippen molar-refractivity contribution < 1.29 is 9.53 Å². The summed E-state index contributed by atoms with van der Waals surface area (Å²) < 4.78 is 5.50. The fraction of sp³-hybridized carbons (Fsp3) is 0.588. The molecule has 0 aromatic heterocycles. The Hall–Kier alpha value is -1.39. The topological polar surface area (TPSA) is 50.4 Å². The van der Waals surface area contributed by atoms with Gasteiger partial charge in [0.05, 0.1) is 6.04 Å². The highest BCUT2D eigenvalue weighted by Gasteiger charge is 2.23. The third kappa shape index (κ3) is 5.14. The van der Waals surface area contributed by atoms with E-state index < -0.39 is 0 Å². The number of benzene rings is 1. The molecule has 4 nitrogen and oxygen atoms in total. The molecule has 0 aliphatic carbocycles. The lowest BCUT2D eigenvalue weighted by atomic mass is 9.95. The summed E-state index contributed by atoms with van der Waals surface area (Å²) in [6, 6.07) is 8.18. The normalized spacial score (nSPS) is 17.6. The van der Waals surface area contributed by atoms with Gasteiger partial charge in [0.25, 0.3) is 0 Å². The number of nitrogens with one attached hydrogen (secondary N) is 2. The van der Waals surface area contributed by atoms with Crippen LogP contribution >= 0.6 is 0 Å². The summed E-state index contributed by atoms with van der Waals surface area (Å²) in [6.07, 6.45) is 1.63. The van der Waals surface area contributed by atoms with E-state index in [1.165, 1.54) is 11.1 Å². The first kappa shape index (κ1) is 16.0. The molecule has 2 N–H and O–H groups in total. The fourth-order valence-electron chi connectivity index (χ4n) is 2.47. The lowest BCUT2D eigenvalue weighted by Gasteiger charge is -2.25.